The molecule has 2 amide bonds. The summed E-state index contributed by atoms with van der Waals surface area (Å²) in [6.45, 7) is 0. The van der Waals surface area contributed by atoms with Crippen molar-refractivity contribution in [1.82, 2.24) is 5.48 Å². The SMILES string of the molecule is NC(=O)c1ccc(S(=O)(=O)C(F)(F)F)cc1C(=O)NO. The van der Waals surface area contributed by atoms with E-state index >= 15 is 0 Å². The highest BCUT2D eigenvalue weighted by atomic mass is 32.2. The Hall–Kier alpha value is -2.14. The van der Waals surface area contributed by atoms with Crippen molar-refractivity contribution in [3.05, 3.63) is 29.3 Å². The zero-order valence-electron chi connectivity index (χ0n) is 9.43. The maximum Gasteiger partial charge on any atom is 0.501 e. The molecule has 0 saturated carbocycles. The van der Waals surface area contributed by atoms with Crippen molar-refractivity contribution < 1.29 is 36.4 Å². The fourth-order valence-corrected chi connectivity index (χ4v) is 2.07. The Morgan fingerprint density at radius 1 is 1.20 bits per heavy atom. The van der Waals surface area contributed by atoms with Crippen LogP contribution in [-0.2, 0) is 9.84 Å². The number of hydroxylamine groups is 1. The normalized spacial score (nSPS) is 12.0. The van der Waals surface area contributed by atoms with Gasteiger partial charge in [0.25, 0.3) is 15.7 Å². The molecule has 1 rings (SSSR count). The number of halogens is 3. The minimum Gasteiger partial charge on any atom is -0.366 e. The topological polar surface area (TPSA) is 127 Å². The molecule has 0 spiro atoms. The zero-order valence-corrected chi connectivity index (χ0v) is 10.2. The predicted molar refractivity (Wildman–Crippen MR) is 57.5 cm³/mol. The fourth-order valence-electron chi connectivity index (χ4n) is 1.29. The molecule has 0 radical (unpaired) electrons. The summed E-state index contributed by atoms with van der Waals surface area (Å²) < 4.78 is 59.4. The molecule has 20 heavy (non-hydrogen) atoms. The van der Waals surface area contributed by atoms with Crippen molar-refractivity contribution in [3.63, 3.8) is 0 Å². The number of benzene rings is 1. The lowest BCUT2D eigenvalue weighted by Gasteiger charge is -2.11. The van der Waals surface area contributed by atoms with Gasteiger partial charge in [-0.25, -0.2) is 13.9 Å². The van der Waals surface area contributed by atoms with E-state index in [1.54, 1.807) is 0 Å². The maximum atomic E-state index is 12.4. The number of rotatable bonds is 3. The van der Waals surface area contributed by atoms with Crippen molar-refractivity contribution in [2.45, 2.75) is 10.4 Å². The average Bonchev–Trinajstić information content (AvgIpc) is 2.35. The van der Waals surface area contributed by atoms with Gasteiger partial charge < -0.3 is 5.73 Å². The Kier molecular flexibility index (Phi) is 4.05. The molecule has 1 aromatic rings. The number of sulfone groups is 1. The summed E-state index contributed by atoms with van der Waals surface area (Å²) in [6.07, 6.45) is 0. The lowest BCUT2D eigenvalue weighted by atomic mass is 10.1. The van der Waals surface area contributed by atoms with E-state index in [1.165, 1.54) is 0 Å². The Morgan fingerprint density at radius 3 is 2.15 bits per heavy atom. The van der Waals surface area contributed by atoms with Crippen LogP contribution < -0.4 is 11.2 Å². The molecule has 0 saturated heterocycles. The van der Waals surface area contributed by atoms with E-state index in [4.69, 9.17) is 10.9 Å². The van der Waals surface area contributed by atoms with Crippen LogP contribution in [0.15, 0.2) is 23.1 Å². The van der Waals surface area contributed by atoms with Gasteiger partial charge in [-0.1, -0.05) is 0 Å². The molecule has 0 heterocycles. The van der Waals surface area contributed by atoms with Crippen LogP contribution in [0.1, 0.15) is 20.7 Å². The van der Waals surface area contributed by atoms with Crippen LogP contribution in [0.3, 0.4) is 0 Å². The lowest BCUT2D eigenvalue weighted by molar-refractivity contribution is -0.0436. The van der Waals surface area contributed by atoms with Gasteiger partial charge in [0.05, 0.1) is 16.0 Å². The second-order valence-electron chi connectivity index (χ2n) is 3.46. The van der Waals surface area contributed by atoms with Crippen LogP contribution in [-0.4, -0.2) is 30.9 Å². The number of nitrogens with one attached hydrogen (secondary N) is 1. The lowest BCUT2D eigenvalue weighted by Crippen LogP contribution is -2.27. The number of hydrogen-bond donors (Lipinski definition) is 3. The van der Waals surface area contributed by atoms with Crippen LogP contribution in [0.2, 0.25) is 0 Å². The monoisotopic (exact) mass is 312 g/mol. The van der Waals surface area contributed by atoms with Crippen LogP contribution in [0.25, 0.3) is 0 Å². The summed E-state index contributed by atoms with van der Waals surface area (Å²) in [5.41, 5.74) is -0.969. The van der Waals surface area contributed by atoms with E-state index in [9.17, 15) is 31.2 Å². The van der Waals surface area contributed by atoms with E-state index in [2.05, 4.69) is 0 Å². The number of hydrogen-bond acceptors (Lipinski definition) is 5. The van der Waals surface area contributed by atoms with Crippen molar-refractivity contribution >= 4 is 21.7 Å². The number of nitrogens with two attached hydrogens (primary N) is 1. The Bertz CT molecular complexity index is 669. The van der Waals surface area contributed by atoms with E-state index in [0.717, 1.165) is 5.48 Å². The molecular weight excluding hydrogens is 305 g/mol. The largest absolute Gasteiger partial charge is 0.501 e. The number of carbonyl (C=O) groups is 2. The molecule has 0 aliphatic heterocycles. The molecule has 0 bridgehead atoms. The van der Waals surface area contributed by atoms with E-state index in [-0.39, 0.29) is 0 Å². The zero-order chi connectivity index (χ0) is 15.7. The summed E-state index contributed by atoms with van der Waals surface area (Å²) >= 11 is 0. The molecule has 1 aromatic carbocycles. The highest BCUT2D eigenvalue weighted by Gasteiger charge is 2.47. The van der Waals surface area contributed by atoms with E-state index in [1.807, 2.05) is 0 Å². The second-order valence-corrected chi connectivity index (χ2v) is 5.40. The third-order valence-electron chi connectivity index (χ3n) is 2.22. The minimum atomic E-state index is -5.70. The highest BCUT2D eigenvalue weighted by molar-refractivity contribution is 7.92. The van der Waals surface area contributed by atoms with Gasteiger partial charge in [0.2, 0.25) is 5.91 Å². The molecule has 7 nitrogen and oxygen atoms in total. The van der Waals surface area contributed by atoms with Gasteiger partial charge in [-0.05, 0) is 18.2 Å². The summed E-state index contributed by atoms with van der Waals surface area (Å²) in [6, 6.07) is 1.43. The van der Waals surface area contributed by atoms with Gasteiger partial charge in [-0.15, -0.1) is 0 Å². The number of alkyl halides is 3. The van der Waals surface area contributed by atoms with Gasteiger partial charge in [-0.2, -0.15) is 13.2 Å². The van der Waals surface area contributed by atoms with Gasteiger partial charge in [0.1, 0.15) is 0 Å². The molecule has 0 aliphatic carbocycles. The maximum absolute atomic E-state index is 12.4. The van der Waals surface area contributed by atoms with Crippen molar-refractivity contribution in [2.24, 2.45) is 5.73 Å². The first kappa shape index (κ1) is 15.9. The molecule has 11 heteroatoms. The van der Waals surface area contributed by atoms with E-state index in [0.29, 0.717) is 18.2 Å². The Balaban J connectivity index is 3.57. The van der Waals surface area contributed by atoms with Crippen LogP contribution in [0, 0.1) is 0 Å². The summed E-state index contributed by atoms with van der Waals surface area (Å²) in [4.78, 5) is 21.0. The van der Waals surface area contributed by atoms with Crippen molar-refractivity contribution in [3.8, 4) is 0 Å². The summed E-state index contributed by atoms with van der Waals surface area (Å²) in [7, 11) is -5.70. The van der Waals surface area contributed by atoms with E-state index < -0.39 is 43.2 Å². The number of primary amides is 1. The molecule has 4 N–H and O–H groups in total. The first-order chi connectivity index (χ1) is 9.02. The fraction of sp³-hybridized carbons (Fsp3) is 0.111. The Labute approximate surface area is 110 Å². The molecule has 0 atom stereocenters. The van der Waals surface area contributed by atoms with Gasteiger partial charge in [0.15, 0.2) is 0 Å². The number of carbonyl (C=O) groups excluding carboxylic acids is 2. The quantitative estimate of drug-likeness (QED) is 0.543. The van der Waals surface area contributed by atoms with Crippen molar-refractivity contribution in [2.75, 3.05) is 0 Å². The number of amides is 2. The first-order valence-corrected chi connectivity index (χ1v) is 6.20. The van der Waals surface area contributed by atoms with Gasteiger partial charge in [-0.3, -0.25) is 14.8 Å². The molecule has 0 fully saturated rings. The Morgan fingerprint density at radius 2 is 1.75 bits per heavy atom. The first-order valence-electron chi connectivity index (χ1n) is 4.72. The van der Waals surface area contributed by atoms with Gasteiger partial charge in [0, 0.05) is 0 Å². The molecular formula is C9H7F3N2O5S. The smallest absolute Gasteiger partial charge is 0.366 e. The average molecular weight is 312 g/mol. The predicted octanol–water partition coefficient (Wildman–Crippen LogP) is 0.198. The standard InChI is InChI=1S/C9H7F3N2O5S/c10-9(11,12)20(18,19)4-1-2-5(7(13)15)6(3-4)8(16)14-17/h1-3,17H,(H2,13,15)(H,14,16). The van der Waals surface area contributed by atoms with Crippen LogP contribution in [0.5, 0.6) is 0 Å². The third kappa shape index (κ3) is 2.72. The van der Waals surface area contributed by atoms with Crippen LogP contribution >= 0.6 is 0 Å². The summed E-state index contributed by atoms with van der Waals surface area (Å²) in [5, 5.41) is 8.42. The third-order valence-corrected chi connectivity index (χ3v) is 3.70. The summed E-state index contributed by atoms with van der Waals surface area (Å²) in [5.74, 6) is -2.56. The molecule has 0 unspecified atom stereocenters. The molecule has 0 aromatic heterocycles. The van der Waals surface area contributed by atoms with Gasteiger partial charge >= 0.3 is 5.51 Å². The second kappa shape index (κ2) is 5.09. The highest BCUT2D eigenvalue weighted by Crippen LogP contribution is 2.31. The minimum absolute atomic E-state index is 0.300. The van der Waals surface area contributed by atoms with Crippen molar-refractivity contribution in [1.29, 1.82) is 0 Å². The van der Waals surface area contributed by atoms with Crippen LogP contribution in [0.4, 0.5) is 13.2 Å². The molecule has 0 aliphatic rings. The molecule has 110 valence electrons.